The lowest BCUT2D eigenvalue weighted by Gasteiger charge is -2.42. The molecule has 1 aromatic carbocycles. The Morgan fingerprint density at radius 2 is 2.08 bits per heavy atom. The van der Waals surface area contributed by atoms with Crippen LogP contribution in [-0.4, -0.2) is 66.0 Å². The van der Waals surface area contributed by atoms with E-state index in [0.717, 1.165) is 6.54 Å². The molecule has 1 N–H and O–H groups in total. The Balaban J connectivity index is 1.51. The van der Waals surface area contributed by atoms with Gasteiger partial charge in [-0.2, -0.15) is 0 Å². The molecule has 3 rings (SSSR count). The van der Waals surface area contributed by atoms with E-state index in [0.29, 0.717) is 19.6 Å². The van der Waals surface area contributed by atoms with E-state index >= 15 is 0 Å². The molecule has 136 valence electrons. The molecule has 6 nitrogen and oxygen atoms in total. The molecule has 2 amide bonds. The number of carbonyl (C=O) groups excluding carboxylic acids is 2. The molecule has 0 saturated carbocycles. The Hall–Kier alpha value is -2.15. The van der Waals surface area contributed by atoms with Gasteiger partial charge in [-0.15, -0.1) is 0 Å². The summed E-state index contributed by atoms with van der Waals surface area (Å²) in [6.45, 7) is 6.26. The minimum Gasteiger partial charge on any atom is -0.484 e. The van der Waals surface area contributed by atoms with Crippen molar-refractivity contribution in [2.24, 2.45) is 0 Å². The van der Waals surface area contributed by atoms with Crippen LogP contribution >= 0.6 is 0 Å². The SMILES string of the molecule is CC(C)N1CCNC(=O)C1CC(=O)N1CC(Oc2ccccc2F)C1. The summed E-state index contributed by atoms with van der Waals surface area (Å²) in [5.41, 5.74) is 0. The van der Waals surface area contributed by atoms with Gasteiger partial charge in [0.05, 0.1) is 25.6 Å². The molecule has 0 radical (unpaired) electrons. The van der Waals surface area contributed by atoms with Gasteiger partial charge >= 0.3 is 0 Å². The van der Waals surface area contributed by atoms with E-state index < -0.39 is 11.9 Å². The third-order valence-electron chi connectivity index (χ3n) is 4.73. The maximum absolute atomic E-state index is 13.6. The first-order valence-corrected chi connectivity index (χ1v) is 8.68. The van der Waals surface area contributed by atoms with Crippen molar-refractivity contribution in [3.8, 4) is 5.75 Å². The molecule has 2 fully saturated rings. The van der Waals surface area contributed by atoms with Gasteiger partial charge in [0.15, 0.2) is 11.6 Å². The van der Waals surface area contributed by atoms with Crippen LogP contribution in [0.15, 0.2) is 24.3 Å². The highest BCUT2D eigenvalue weighted by atomic mass is 19.1. The molecule has 0 aromatic heterocycles. The normalized spacial score (nSPS) is 21.8. The summed E-state index contributed by atoms with van der Waals surface area (Å²) >= 11 is 0. The van der Waals surface area contributed by atoms with Gasteiger partial charge in [0.2, 0.25) is 11.8 Å². The summed E-state index contributed by atoms with van der Waals surface area (Å²) in [6, 6.07) is 6.02. The van der Waals surface area contributed by atoms with Crippen LogP contribution in [-0.2, 0) is 9.59 Å². The highest BCUT2D eigenvalue weighted by molar-refractivity contribution is 5.89. The van der Waals surface area contributed by atoms with E-state index in [4.69, 9.17) is 4.74 Å². The lowest BCUT2D eigenvalue weighted by Crippen LogP contribution is -2.61. The molecule has 2 heterocycles. The van der Waals surface area contributed by atoms with Gasteiger partial charge in [-0.05, 0) is 26.0 Å². The number of likely N-dealkylation sites (tertiary alicyclic amines) is 1. The van der Waals surface area contributed by atoms with Crippen molar-refractivity contribution >= 4 is 11.8 Å². The molecule has 7 heteroatoms. The molecule has 2 saturated heterocycles. The van der Waals surface area contributed by atoms with Crippen LogP contribution in [0.3, 0.4) is 0 Å². The number of hydrogen-bond donors (Lipinski definition) is 1. The van der Waals surface area contributed by atoms with E-state index in [1.807, 2.05) is 13.8 Å². The zero-order chi connectivity index (χ0) is 18.0. The average molecular weight is 349 g/mol. The van der Waals surface area contributed by atoms with Crippen LogP contribution < -0.4 is 10.1 Å². The second-order valence-corrected chi connectivity index (χ2v) is 6.81. The number of ether oxygens (including phenoxy) is 1. The summed E-state index contributed by atoms with van der Waals surface area (Å²) < 4.78 is 19.2. The first-order valence-electron chi connectivity index (χ1n) is 8.68. The summed E-state index contributed by atoms with van der Waals surface area (Å²) in [7, 11) is 0. The van der Waals surface area contributed by atoms with Crippen LogP contribution in [0.2, 0.25) is 0 Å². The number of nitrogens with one attached hydrogen (secondary N) is 1. The van der Waals surface area contributed by atoms with Gasteiger partial charge in [0, 0.05) is 19.1 Å². The van der Waals surface area contributed by atoms with Crippen LogP contribution in [0, 0.1) is 5.82 Å². The lowest BCUT2D eigenvalue weighted by molar-refractivity contribution is -0.145. The van der Waals surface area contributed by atoms with E-state index in [1.165, 1.54) is 6.07 Å². The summed E-state index contributed by atoms with van der Waals surface area (Å²) in [4.78, 5) is 28.3. The molecule has 1 unspecified atom stereocenters. The topological polar surface area (TPSA) is 61.9 Å². The first kappa shape index (κ1) is 17.7. The second-order valence-electron chi connectivity index (χ2n) is 6.81. The second kappa shape index (κ2) is 7.39. The highest BCUT2D eigenvalue weighted by Crippen LogP contribution is 2.22. The fourth-order valence-electron chi connectivity index (χ4n) is 3.29. The Labute approximate surface area is 146 Å². The minimum absolute atomic E-state index is 0.0684. The minimum atomic E-state index is -0.423. The van der Waals surface area contributed by atoms with Gasteiger partial charge < -0.3 is 15.0 Å². The standard InChI is InChI=1S/C18H24FN3O3/c1-12(2)22-8-7-20-18(24)15(22)9-17(23)21-10-13(11-21)25-16-6-4-3-5-14(16)19/h3-6,12-13,15H,7-11H2,1-2H3,(H,20,24). The number of para-hydroxylation sites is 1. The molecule has 1 atom stereocenters. The van der Waals surface area contributed by atoms with Crippen molar-refractivity contribution < 1.29 is 18.7 Å². The van der Waals surface area contributed by atoms with Crippen molar-refractivity contribution in [3.63, 3.8) is 0 Å². The third kappa shape index (κ3) is 3.92. The fraction of sp³-hybridized carbons (Fsp3) is 0.556. The number of amides is 2. The lowest BCUT2D eigenvalue weighted by atomic mass is 10.0. The van der Waals surface area contributed by atoms with Gasteiger partial charge in [-0.1, -0.05) is 12.1 Å². The Morgan fingerprint density at radius 1 is 1.36 bits per heavy atom. The Morgan fingerprint density at radius 3 is 2.76 bits per heavy atom. The molecule has 1 aromatic rings. The molecule has 2 aliphatic heterocycles. The van der Waals surface area contributed by atoms with Gasteiger partial charge in [0.25, 0.3) is 0 Å². The maximum Gasteiger partial charge on any atom is 0.237 e. The molecule has 0 bridgehead atoms. The van der Waals surface area contributed by atoms with E-state index in [9.17, 15) is 14.0 Å². The zero-order valence-corrected chi connectivity index (χ0v) is 14.6. The number of rotatable bonds is 5. The summed E-state index contributed by atoms with van der Waals surface area (Å²) in [5, 5.41) is 2.83. The van der Waals surface area contributed by atoms with Crippen LogP contribution in [0.1, 0.15) is 20.3 Å². The summed E-state index contributed by atoms with van der Waals surface area (Å²) in [5.74, 6) is -0.356. The van der Waals surface area contributed by atoms with Crippen molar-refractivity contribution in [3.05, 3.63) is 30.1 Å². The smallest absolute Gasteiger partial charge is 0.237 e. The third-order valence-corrected chi connectivity index (χ3v) is 4.73. The quantitative estimate of drug-likeness (QED) is 0.862. The number of piperazine rings is 1. The van der Waals surface area contributed by atoms with Crippen LogP contribution in [0.5, 0.6) is 5.75 Å². The fourth-order valence-corrected chi connectivity index (χ4v) is 3.29. The number of halogens is 1. The van der Waals surface area contributed by atoms with Crippen molar-refractivity contribution in [1.29, 1.82) is 0 Å². The molecular weight excluding hydrogens is 325 g/mol. The maximum atomic E-state index is 13.6. The number of nitrogens with zero attached hydrogens (tertiary/aromatic N) is 2. The van der Waals surface area contributed by atoms with Crippen molar-refractivity contribution in [2.75, 3.05) is 26.2 Å². The van der Waals surface area contributed by atoms with Gasteiger partial charge in [0.1, 0.15) is 6.10 Å². The molecule has 2 aliphatic rings. The zero-order valence-electron chi connectivity index (χ0n) is 14.6. The first-order chi connectivity index (χ1) is 12.0. The van der Waals surface area contributed by atoms with Crippen LogP contribution in [0.4, 0.5) is 4.39 Å². The largest absolute Gasteiger partial charge is 0.484 e. The van der Waals surface area contributed by atoms with Crippen LogP contribution in [0.25, 0.3) is 0 Å². The van der Waals surface area contributed by atoms with Gasteiger partial charge in [-0.25, -0.2) is 4.39 Å². The van der Waals surface area contributed by atoms with E-state index in [-0.39, 0.29) is 36.1 Å². The number of benzene rings is 1. The van der Waals surface area contributed by atoms with E-state index in [2.05, 4.69) is 10.2 Å². The van der Waals surface area contributed by atoms with Gasteiger partial charge in [-0.3, -0.25) is 14.5 Å². The highest BCUT2D eigenvalue weighted by Gasteiger charge is 2.38. The number of carbonyl (C=O) groups is 2. The summed E-state index contributed by atoms with van der Waals surface area (Å²) in [6.07, 6.45) is -0.0431. The average Bonchev–Trinajstić information content (AvgIpc) is 2.53. The van der Waals surface area contributed by atoms with Crippen molar-refractivity contribution in [2.45, 2.75) is 38.5 Å². The molecule has 0 spiro atoms. The monoisotopic (exact) mass is 349 g/mol. The molecule has 0 aliphatic carbocycles. The Bertz CT molecular complexity index is 646. The molecular formula is C18H24FN3O3. The predicted octanol–water partition coefficient (Wildman–Crippen LogP) is 1.01. The predicted molar refractivity (Wildman–Crippen MR) is 90.7 cm³/mol. The number of hydrogen-bond acceptors (Lipinski definition) is 4. The Kier molecular flexibility index (Phi) is 5.22. The van der Waals surface area contributed by atoms with E-state index in [1.54, 1.807) is 23.1 Å². The van der Waals surface area contributed by atoms with Crippen molar-refractivity contribution in [1.82, 2.24) is 15.1 Å². The molecule has 25 heavy (non-hydrogen) atoms.